The van der Waals surface area contributed by atoms with Crippen LogP contribution in [0.5, 0.6) is 0 Å². The average molecular weight is 379 g/mol. The van der Waals surface area contributed by atoms with Crippen LogP contribution >= 0.6 is 0 Å². The van der Waals surface area contributed by atoms with Gasteiger partial charge in [-0.05, 0) is 73.9 Å². The molecule has 0 bridgehead atoms. The first-order chi connectivity index (χ1) is 12.3. The van der Waals surface area contributed by atoms with E-state index in [1.807, 2.05) is 0 Å². The minimum Gasteiger partial charge on any atom is -0.208 e. The lowest BCUT2D eigenvalue weighted by atomic mass is 9.88. The normalized spacial score (nSPS) is 20.9. The number of hydrogen-bond acceptors (Lipinski definition) is 2. The second kappa shape index (κ2) is 7.45. The molecule has 2 aromatic carbocycles. The standard InChI is InChI=1S/C20H23F2NO2S/c1-13-3-6-16(7-4-13)23-26(24,25)17-8-10-18(14(2)11-17)19-9-5-15(21)12-20(19)22/h5,8-13,16,23H,3-4,6-7H2,1-2H3. The Morgan fingerprint density at radius 1 is 0.962 bits per heavy atom. The van der Waals surface area contributed by atoms with Gasteiger partial charge in [0.1, 0.15) is 11.6 Å². The summed E-state index contributed by atoms with van der Waals surface area (Å²) in [5, 5.41) is 0. The van der Waals surface area contributed by atoms with Crippen molar-refractivity contribution in [2.75, 3.05) is 0 Å². The Hall–Kier alpha value is -1.79. The van der Waals surface area contributed by atoms with Gasteiger partial charge in [0, 0.05) is 17.7 Å². The molecule has 0 unspecified atom stereocenters. The molecular formula is C20H23F2NO2S. The Labute approximate surface area is 153 Å². The number of halogens is 2. The summed E-state index contributed by atoms with van der Waals surface area (Å²) in [5.74, 6) is -0.671. The first kappa shape index (κ1) is 19.0. The van der Waals surface area contributed by atoms with Gasteiger partial charge in [0.15, 0.2) is 0 Å². The lowest BCUT2D eigenvalue weighted by Gasteiger charge is -2.26. The summed E-state index contributed by atoms with van der Waals surface area (Å²) in [6.45, 7) is 3.90. The molecule has 0 atom stereocenters. The van der Waals surface area contributed by atoms with Crippen molar-refractivity contribution in [2.45, 2.75) is 50.5 Å². The molecule has 26 heavy (non-hydrogen) atoms. The first-order valence-corrected chi connectivity index (χ1v) is 10.3. The van der Waals surface area contributed by atoms with Crippen molar-refractivity contribution in [1.29, 1.82) is 0 Å². The molecule has 1 N–H and O–H groups in total. The predicted octanol–water partition coefficient (Wildman–Crippen LogP) is 4.80. The molecule has 3 rings (SSSR count). The summed E-state index contributed by atoms with van der Waals surface area (Å²) in [4.78, 5) is 0.167. The van der Waals surface area contributed by atoms with Gasteiger partial charge in [-0.3, -0.25) is 0 Å². The molecule has 1 saturated carbocycles. The number of aryl methyl sites for hydroxylation is 1. The Kier molecular flexibility index (Phi) is 5.44. The number of rotatable bonds is 4. The van der Waals surface area contributed by atoms with Gasteiger partial charge in [-0.25, -0.2) is 21.9 Å². The minimum absolute atomic E-state index is 0.0364. The van der Waals surface area contributed by atoms with Crippen LogP contribution in [0.3, 0.4) is 0 Å². The molecule has 140 valence electrons. The maximum atomic E-state index is 14.0. The van der Waals surface area contributed by atoms with Crippen LogP contribution in [-0.2, 0) is 10.0 Å². The van der Waals surface area contributed by atoms with Crippen molar-refractivity contribution in [1.82, 2.24) is 4.72 Å². The van der Waals surface area contributed by atoms with E-state index in [0.29, 0.717) is 17.0 Å². The largest absolute Gasteiger partial charge is 0.240 e. The van der Waals surface area contributed by atoms with E-state index in [4.69, 9.17) is 0 Å². The quantitative estimate of drug-likeness (QED) is 0.830. The van der Waals surface area contributed by atoms with Gasteiger partial charge in [0.25, 0.3) is 0 Å². The van der Waals surface area contributed by atoms with Crippen molar-refractivity contribution in [3.8, 4) is 11.1 Å². The number of sulfonamides is 1. The van der Waals surface area contributed by atoms with Crippen molar-refractivity contribution >= 4 is 10.0 Å². The van der Waals surface area contributed by atoms with E-state index in [2.05, 4.69) is 11.6 Å². The average Bonchev–Trinajstić information content (AvgIpc) is 2.57. The fraction of sp³-hybridized carbons (Fsp3) is 0.400. The summed E-state index contributed by atoms with van der Waals surface area (Å²) < 4.78 is 55.2. The fourth-order valence-corrected chi connectivity index (χ4v) is 4.87. The van der Waals surface area contributed by atoms with Crippen LogP contribution in [0.15, 0.2) is 41.3 Å². The highest BCUT2D eigenvalue weighted by Gasteiger charge is 2.24. The predicted molar refractivity (Wildman–Crippen MR) is 98.3 cm³/mol. The second-order valence-electron chi connectivity index (χ2n) is 7.18. The zero-order valence-corrected chi connectivity index (χ0v) is 15.7. The molecule has 0 aromatic heterocycles. The zero-order chi connectivity index (χ0) is 18.9. The van der Waals surface area contributed by atoms with Gasteiger partial charge in [0.2, 0.25) is 10.0 Å². The van der Waals surface area contributed by atoms with Gasteiger partial charge < -0.3 is 0 Å². The third-order valence-corrected chi connectivity index (χ3v) is 6.59. The fourth-order valence-electron chi connectivity index (χ4n) is 3.48. The Morgan fingerprint density at radius 3 is 2.23 bits per heavy atom. The maximum absolute atomic E-state index is 14.0. The van der Waals surface area contributed by atoms with E-state index in [1.54, 1.807) is 13.0 Å². The van der Waals surface area contributed by atoms with Crippen LogP contribution in [-0.4, -0.2) is 14.5 Å². The van der Waals surface area contributed by atoms with E-state index in [1.165, 1.54) is 24.3 Å². The highest BCUT2D eigenvalue weighted by atomic mass is 32.2. The van der Waals surface area contributed by atoms with Crippen LogP contribution in [0.2, 0.25) is 0 Å². The molecule has 1 aliphatic rings. The van der Waals surface area contributed by atoms with Gasteiger partial charge in [-0.15, -0.1) is 0 Å². The number of hydrogen-bond donors (Lipinski definition) is 1. The van der Waals surface area contributed by atoms with E-state index >= 15 is 0 Å². The second-order valence-corrected chi connectivity index (χ2v) is 8.89. The molecule has 0 spiro atoms. The number of nitrogens with one attached hydrogen (secondary N) is 1. The lowest BCUT2D eigenvalue weighted by Crippen LogP contribution is -2.37. The Morgan fingerprint density at radius 2 is 1.62 bits per heavy atom. The molecule has 1 aliphatic carbocycles. The monoisotopic (exact) mass is 379 g/mol. The molecule has 0 amide bonds. The van der Waals surface area contributed by atoms with E-state index in [-0.39, 0.29) is 16.5 Å². The molecule has 0 heterocycles. The highest BCUT2D eigenvalue weighted by Crippen LogP contribution is 2.29. The molecule has 1 fully saturated rings. The summed E-state index contributed by atoms with van der Waals surface area (Å²) in [7, 11) is -3.62. The molecule has 6 heteroatoms. The van der Waals surface area contributed by atoms with Crippen molar-refractivity contribution in [3.05, 3.63) is 53.6 Å². The van der Waals surface area contributed by atoms with E-state index in [0.717, 1.165) is 31.7 Å². The molecule has 0 aliphatic heterocycles. The van der Waals surface area contributed by atoms with Gasteiger partial charge >= 0.3 is 0 Å². The zero-order valence-electron chi connectivity index (χ0n) is 14.9. The lowest BCUT2D eigenvalue weighted by molar-refractivity contribution is 0.332. The molecule has 3 nitrogen and oxygen atoms in total. The molecular weight excluding hydrogens is 356 g/mol. The minimum atomic E-state index is -3.62. The van der Waals surface area contributed by atoms with E-state index in [9.17, 15) is 17.2 Å². The van der Waals surface area contributed by atoms with E-state index < -0.39 is 21.7 Å². The molecule has 0 radical (unpaired) electrons. The van der Waals surface area contributed by atoms with Crippen LogP contribution in [0.25, 0.3) is 11.1 Å². The highest BCUT2D eigenvalue weighted by molar-refractivity contribution is 7.89. The van der Waals surface area contributed by atoms with Crippen LogP contribution in [0.1, 0.15) is 38.2 Å². The summed E-state index contributed by atoms with van der Waals surface area (Å²) >= 11 is 0. The van der Waals surface area contributed by atoms with Crippen LogP contribution in [0.4, 0.5) is 8.78 Å². The van der Waals surface area contributed by atoms with Crippen molar-refractivity contribution in [3.63, 3.8) is 0 Å². The maximum Gasteiger partial charge on any atom is 0.240 e. The topological polar surface area (TPSA) is 46.2 Å². The van der Waals surface area contributed by atoms with Crippen molar-refractivity contribution < 1.29 is 17.2 Å². The SMILES string of the molecule is Cc1cc(S(=O)(=O)NC2CCC(C)CC2)ccc1-c1ccc(F)cc1F. The van der Waals surface area contributed by atoms with Gasteiger partial charge in [-0.2, -0.15) is 0 Å². The number of benzene rings is 2. The Bertz CT molecular complexity index is 904. The van der Waals surface area contributed by atoms with Crippen LogP contribution in [0, 0.1) is 24.5 Å². The smallest absolute Gasteiger partial charge is 0.208 e. The molecule has 2 aromatic rings. The van der Waals surface area contributed by atoms with Crippen molar-refractivity contribution in [2.24, 2.45) is 5.92 Å². The molecule has 0 saturated heterocycles. The summed E-state index contributed by atoms with van der Waals surface area (Å²) in [6, 6.07) is 7.92. The summed E-state index contributed by atoms with van der Waals surface area (Å²) in [5.41, 5.74) is 1.42. The Balaban J connectivity index is 1.84. The first-order valence-electron chi connectivity index (χ1n) is 8.84. The third kappa shape index (κ3) is 4.13. The van der Waals surface area contributed by atoms with Crippen LogP contribution < -0.4 is 4.72 Å². The third-order valence-electron chi connectivity index (χ3n) is 5.07. The summed E-state index contributed by atoms with van der Waals surface area (Å²) in [6.07, 6.45) is 3.74. The van der Waals surface area contributed by atoms with Gasteiger partial charge in [0.05, 0.1) is 4.90 Å². The van der Waals surface area contributed by atoms with Gasteiger partial charge in [-0.1, -0.05) is 13.0 Å².